The molecule has 2 aromatic rings. The van der Waals surface area contributed by atoms with E-state index in [0.29, 0.717) is 39.4 Å². The maximum atomic E-state index is 13.1. The fourth-order valence-corrected chi connectivity index (χ4v) is 3.07. The van der Waals surface area contributed by atoms with Crippen LogP contribution in [-0.2, 0) is 11.3 Å². The van der Waals surface area contributed by atoms with Gasteiger partial charge in [0, 0.05) is 5.56 Å². The van der Waals surface area contributed by atoms with Crippen LogP contribution in [0.5, 0.6) is 11.5 Å². The summed E-state index contributed by atoms with van der Waals surface area (Å²) in [4.78, 5) is 11.9. The van der Waals surface area contributed by atoms with E-state index in [4.69, 9.17) is 25.8 Å². The summed E-state index contributed by atoms with van der Waals surface area (Å²) in [6, 6.07) is 7.38. The van der Waals surface area contributed by atoms with Crippen molar-refractivity contribution in [3.05, 3.63) is 55.9 Å². The third kappa shape index (κ3) is 5.22. The van der Waals surface area contributed by atoms with Gasteiger partial charge < -0.3 is 14.2 Å². The maximum Gasteiger partial charge on any atom is 0.338 e. The highest BCUT2D eigenvalue weighted by molar-refractivity contribution is 14.1. The molecule has 0 aliphatic carbocycles. The van der Waals surface area contributed by atoms with Gasteiger partial charge in [-0.05, 0) is 60.7 Å². The molecule has 0 spiro atoms. The monoisotopic (exact) mass is 478 g/mol. The van der Waals surface area contributed by atoms with E-state index >= 15 is 0 Å². The van der Waals surface area contributed by atoms with Crippen molar-refractivity contribution in [2.45, 2.75) is 20.5 Å². The molecular formula is C18H17ClFIO4. The summed E-state index contributed by atoms with van der Waals surface area (Å²) in [6.45, 7) is 4.44. The molecule has 0 unspecified atom stereocenters. The summed E-state index contributed by atoms with van der Waals surface area (Å²) in [5.41, 5.74) is 1.04. The SMILES string of the molecule is CCOC(=O)c1cc(I)c(OCc2ccc(F)cc2Cl)c(OCC)c1. The van der Waals surface area contributed by atoms with Gasteiger partial charge in [-0.1, -0.05) is 17.7 Å². The van der Waals surface area contributed by atoms with E-state index < -0.39 is 11.8 Å². The van der Waals surface area contributed by atoms with Gasteiger partial charge in [-0.2, -0.15) is 0 Å². The van der Waals surface area contributed by atoms with Gasteiger partial charge in [0.05, 0.1) is 27.4 Å². The Labute approximate surface area is 164 Å². The summed E-state index contributed by atoms with van der Waals surface area (Å²) in [5.74, 6) is 0.109. The van der Waals surface area contributed by atoms with Crippen molar-refractivity contribution in [2.75, 3.05) is 13.2 Å². The van der Waals surface area contributed by atoms with Crippen LogP contribution in [-0.4, -0.2) is 19.2 Å². The highest BCUT2D eigenvalue weighted by atomic mass is 127. The Kier molecular flexibility index (Phi) is 7.31. The lowest BCUT2D eigenvalue weighted by Gasteiger charge is -2.15. The number of ether oxygens (including phenoxy) is 3. The molecule has 0 aromatic heterocycles. The quantitative estimate of drug-likeness (QED) is 0.403. The zero-order valence-corrected chi connectivity index (χ0v) is 16.7. The number of rotatable bonds is 7. The first-order valence-corrected chi connectivity index (χ1v) is 9.12. The Morgan fingerprint density at radius 3 is 2.56 bits per heavy atom. The van der Waals surface area contributed by atoms with Crippen LogP contribution in [0.2, 0.25) is 5.02 Å². The molecule has 0 N–H and O–H groups in total. The highest BCUT2D eigenvalue weighted by Crippen LogP contribution is 2.35. The first kappa shape index (κ1) is 19.8. The average Bonchev–Trinajstić information content (AvgIpc) is 2.56. The second kappa shape index (κ2) is 9.24. The third-order valence-electron chi connectivity index (χ3n) is 3.21. The van der Waals surface area contributed by atoms with Crippen molar-refractivity contribution < 1.29 is 23.4 Å². The predicted molar refractivity (Wildman–Crippen MR) is 102 cm³/mol. The number of benzene rings is 2. The summed E-state index contributed by atoms with van der Waals surface area (Å²) in [6.07, 6.45) is 0. The Bertz CT molecular complexity index is 767. The number of carbonyl (C=O) groups is 1. The average molecular weight is 479 g/mol. The van der Waals surface area contributed by atoms with Gasteiger partial charge >= 0.3 is 5.97 Å². The van der Waals surface area contributed by atoms with Crippen LogP contribution in [0.4, 0.5) is 4.39 Å². The van der Waals surface area contributed by atoms with Crippen molar-refractivity contribution in [1.29, 1.82) is 0 Å². The van der Waals surface area contributed by atoms with Gasteiger partial charge in [-0.3, -0.25) is 0 Å². The van der Waals surface area contributed by atoms with Crippen molar-refractivity contribution >= 4 is 40.2 Å². The van der Waals surface area contributed by atoms with E-state index in [1.807, 2.05) is 6.92 Å². The van der Waals surface area contributed by atoms with Crippen LogP contribution in [0.1, 0.15) is 29.8 Å². The molecule has 0 amide bonds. The Hall–Kier alpha value is -1.54. The zero-order valence-electron chi connectivity index (χ0n) is 13.8. The molecule has 0 fully saturated rings. The molecular weight excluding hydrogens is 462 g/mol. The Balaban J connectivity index is 2.28. The van der Waals surface area contributed by atoms with Crippen molar-refractivity contribution in [2.24, 2.45) is 0 Å². The number of halogens is 3. The lowest BCUT2D eigenvalue weighted by molar-refractivity contribution is 0.0525. The molecule has 0 atom stereocenters. The molecule has 134 valence electrons. The largest absolute Gasteiger partial charge is 0.490 e. The van der Waals surface area contributed by atoms with E-state index in [-0.39, 0.29) is 11.6 Å². The van der Waals surface area contributed by atoms with Crippen LogP contribution < -0.4 is 9.47 Å². The molecule has 0 radical (unpaired) electrons. The smallest absolute Gasteiger partial charge is 0.338 e. The molecule has 4 nitrogen and oxygen atoms in total. The second-order valence-electron chi connectivity index (χ2n) is 4.96. The number of hydrogen-bond acceptors (Lipinski definition) is 4. The fourth-order valence-electron chi connectivity index (χ4n) is 2.09. The topological polar surface area (TPSA) is 44.8 Å². The second-order valence-corrected chi connectivity index (χ2v) is 6.53. The molecule has 25 heavy (non-hydrogen) atoms. The van der Waals surface area contributed by atoms with Gasteiger partial charge in [0.15, 0.2) is 11.5 Å². The standard InChI is InChI=1S/C18H17ClFIO4/c1-3-23-16-8-12(18(22)24-4-2)7-15(21)17(16)25-10-11-5-6-13(20)9-14(11)19/h5-9H,3-4,10H2,1-2H3. The summed E-state index contributed by atoms with van der Waals surface area (Å²) in [5, 5.41) is 0.288. The maximum absolute atomic E-state index is 13.1. The first-order chi connectivity index (χ1) is 12.0. The van der Waals surface area contributed by atoms with Crippen molar-refractivity contribution in [3.8, 4) is 11.5 Å². The predicted octanol–water partition coefficient (Wildman–Crippen LogP) is 5.24. The number of hydrogen-bond donors (Lipinski definition) is 0. The Morgan fingerprint density at radius 2 is 1.92 bits per heavy atom. The summed E-state index contributed by atoms with van der Waals surface area (Å²) >= 11 is 8.09. The van der Waals surface area contributed by atoms with Crippen LogP contribution in [0.3, 0.4) is 0 Å². The summed E-state index contributed by atoms with van der Waals surface area (Å²) < 4.78 is 30.3. The molecule has 2 aromatic carbocycles. The Morgan fingerprint density at radius 1 is 1.16 bits per heavy atom. The molecule has 2 rings (SSSR count). The normalized spacial score (nSPS) is 10.4. The molecule has 0 heterocycles. The number of carbonyl (C=O) groups excluding carboxylic acids is 1. The first-order valence-electron chi connectivity index (χ1n) is 7.66. The lowest BCUT2D eigenvalue weighted by Crippen LogP contribution is -2.08. The van der Waals surface area contributed by atoms with Crippen LogP contribution >= 0.6 is 34.2 Å². The minimum atomic E-state index is -0.422. The van der Waals surface area contributed by atoms with Gasteiger partial charge in [0.1, 0.15) is 12.4 Å². The van der Waals surface area contributed by atoms with E-state index in [1.165, 1.54) is 12.1 Å². The van der Waals surface area contributed by atoms with Gasteiger partial charge in [-0.15, -0.1) is 0 Å². The number of esters is 1. The van der Waals surface area contributed by atoms with Crippen molar-refractivity contribution in [1.82, 2.24) is 0 Å². The van der Waals surface area contributed by atoms with E-state index in [0.717, 1.165) is 0 Å². The minimum Gasteiger partial charge on any atom is -0.490 e. The van der Waals surface area contributed by atoms with Crippen LogP contribution in [0.25, 0.3) is 0 Å². The van der Waals surface area contributed by atoms with Crippen LogP contribution in [0.15, 0.2) is 30.3 Å². The van der Waals surface area contributed by atoms with Gasteiger partial charge in [0.25, 0.3) is 0 Å². The fraction of sp³-hybridized carbons (Fsp3) is 0.278. The van der Waals surface area contributed by atoms with E-state index in [2.05, 4.69) is 22.6 Å². The van der Waals surface area contributed by atoms with Gasteiger partial charge in [0.2, 0.25) is 0 Å². The molecule has 7 heteroatoms. The summed E-state index contributed by atoms with van der Waals surface area (Å²) in [7, 11) is 0. The molecule has 0 bridgehead atoms. The minimum absolute atomic E-state index is 0.147. The van der Waals surface area contributed by atoms with Crippen molar-refractivity contribution in [3.63, 3.8) is 0 Å². The van der Waals surface area contributed by atoms with Gasteiger partial charge in [-0.25, -0.2) is 9.18 Å². The molecule has 0 saturated carbocycles. The third-order valence-corrected chi connectivity index (χ3v) is 4.36. The highest BCUT2D eigenvalue weighted by Gasteiger charge is 2.17. The van der Waals surface area contributed by atoms with E-state index in [1.54, 1.807) is 25.1 Å². The van der Waals surface area contributed by atoms with E-state index in [9.17, 15) is 9.18 Å². The molecule has 0 aliphatic rings. The molecule has 0 saturated heterocycles. The lowest BCUT2D eigenvalue weighted by atomic mass is 10.2. The van der Waals surface area contributed by atoms with Crippen LogP contribution in [0, 0.1) is 9.39 Å². The molecule has 0 aliphatic heterocycles. The zero-order chi connectivity index (χ0) is 18.4.